The summed E-state index contributed by atoms with van der Waals surface area (Å²) in [5.41, 5.74) is -1.77. The van der Waals surface area contributed by atoms with Gasteiger partial charge >= 0.3 is 5.97 Å². The topological polar surface area (TPSA) is 76.0 Å². The Morgan fingerprint density at radius 3 is 2.59 bits per heavy atom. The summed E-state index contributed by atoms with van der Waals surface area (Å²) in [6.45, 7) is 11.0. The Labute approximate surface area is 174 Å². The average Bonchev–Trinajstić information content (AvgIpc) is 3.22. The van der Waals surface area contributed by atoms with Crippen LogP contribution in [0, 0.1) is 51.8 Å². The van der Waals surface area contributed by atoms with Gasteiger partial charge in [-0.15, -0.1) is 0 Å². The van der Waals surface area contributed by atoms with Crippen molar-refractivity contribution in [2.75, 3.05) is 6.61 Å². The average molecular weight is 402 g/mol. The SMILES string of the molecule is CC(C)CO/N=C/C12C[C@@H]3[C@H](C)CC[C@H]3C3(C=O)CC1C=C(C(C)C)[C@@]23C(=O)O. The van der Waals surface area contributed by atoms with Crippen molar-refractivity contribution in [2.24, 2.45) is 56.9 Å². The van der Waals surface area contributed by atoms with E-state index in [1.54, 1.807) is 0 Å². The van der Waals surface area contributed by atoms with Gasteiger partial charge in [0.15, 0.2) is 0 Å². The van der Waals surface area contributed by atoms with Crippen LogP contribution in [-0.2, 0) is 14.4 Å². The fourth-order valence-corrected chi connectivity index (χ4v) is 7.81. The molecule has 7 atom stereocenters. The predicted molar refractivity (Wildman–Crippen MR) is 111 cm³/mol. The van der Waals surface area contributed by atoms with Gasteiger partial charge in [0.05, 0.1) is 11.6 Å². The minimum atomic E-state index is -1.20. The van der Waals surface area contributed by atoms with Crippen LogP contribution in [0.5, 0.6) is 0 Å². The zero-order chi connectivity index (χ0) is 21.2. The Morgan fingerprint density at radius 2 is 2.00 bits per heavy atom. The van der Waals surface area contributed by atoms with E-state index in [-0.39, 0.29) is 17.8 Å². The molecule has 160 valence electrons. The van der Waals surface area contributed by atoms with E-state index in [9.17, 15) is 14.7 Å². The van der Waals surface area contributed by atoms with Crippen molar-refractivity contribution in [1.29, 1.82) is 0 Å². The monoisotopic (exact) mass is 401 g/mol. The van der Waals surface area contributed by atoms with E-state index >= 15 is 0 Å². The summed E-state index contributed by atoms with van der Waals surface area (Å²) in [6, 6.07) is 0. The normalized spacial score (nSPS) is 45.1. The highest BCUT2D eigenvalue weighted by Gasteiger charge is 2.84. The summed E-state index contributed by atoms with van der Waals surface area (Å²) in [4.78, 5) is 31.6. The Morgan fingerprint density at radius 1 is 1.28 bits per heavy atom. The molecule has 0 aromatic heterocycles. The quantitative estimate of drug-likeness (QED) is 0.293. The molecular formula is C24H35NO4. The van der Waals surface area contributed by atoms with Crippen molar-refractivity contribution in [2.45, 2.75) is 60.3 Å². The number of fused-ring (bicyclic) bond motifs is 2. The van der Waals surface area contributed by atoms with E-state index in [2.05, 4.69) is 45.9 Å². The van der Waals surface area contributed by atoms with Gasteiger partial charge in [-0.25, -0.2) is 0 Å². The molecule has 5 nitrogen and oxygen atoms in total. The lowest BCUT2D eigenvalue weighted by Crippen LogP contribution is -2.63. The minimum absolute atomic E-state index is 0.0328. The number of carboxylic acids is 1. The molecule has 3 saturated carbocycles. The van der Waals surface area contributed by atoms with Crippen LogP contribution in [0.1, 0.15) is 60.3 Å². The Hall–Kier alpha value is -1.65. The zero-order valence-electron chi connectivity index (χ0n) is 18.4. The van der Waals surface area contributed by atoms with Gasteiger partial charge in [-0.05, 0) is 54.8 Å². The molecule has 0 aliphatic heterocycles. The van der Waals surface area contributed by atoms with Crippen LogP contribution in [0.15, 0.2) is 16.8 Å². The molecule has 4 rings (SSSR count). The van der Waals surface area contributed by atoms with Crippen LogP contribution in [-0.4, -0.2) is 30.2 Å². The fraction of sp³-hybridized carbons (Fsp3) is 0.792. The lowest BCUT2D eigenvalue weighted by molar-refractivity contribution is -0.173. The highest BCUT2D eigenvalue weighted by Crippen LogP contribution is 2.82. The number of carbonyl (C=O) groups excluding carboxylic acids is 1. The van der Waals surface area contributed by atoms with E-state index in [1.165, 1.54) is 0 Å². The fourth-order valence-electron chi connectivity index (χ4n) is 7.81. The van der Waals surface area contributed by atoms with Crippen LogP contribution in [0.25, 0.3) is 0 Å². The first-order valence-corrected chi connectivity index (χ1v) is 11.3. The van der Waals surface area contributed by atoms with Gasteiger partial charge < -0.3 is 14.7 Å². The number of hydrogen-bond acceptors (Lipinski definition) is 4. The van der Waals surface area contributed by atoms with Crippen LogP contribution in [0.3, 0.4) is 0 Å². The maximum Gasteiger partial charge on any atom is 0.315 e. The molecule has 0 amide bonds. The van der Waals surface area contributed by atoms with E-state index < -0.39 is 22.2 Å². The van der Waals surface area contributed by atoms with Crippen molar-refractivity contribution >= 4 is 18.5 Å². The number of hydrogen-bond donors (Lipinski definition) is 1. The Kier molecular flexibility index (Phi) is 4.75. The van der Waals surface area contributed by atoms with E-state index in [0.717, 1.165) is 31.1 Å². The van der Waals surface area contributed by atoms with Crippen LogP contribution in [0.2, 0.25) is 0 Å². The molecule has 4 aliphatic rings. The number of rotatable bonds is 7. The summed E-state index contributed by atoms with van der Waals surface area (Å²) >= 11 is 0. The number of nitrogens with zero attached hydrogens (tertiary/aromatic N) is 1. The van der Waals surface area contributed by atoms with Crippen LogP contribution in [0.4, 0.5) is 0 Å². The van der Waals surface area contributed by atoms with Gasteiger partial charge in [0.2, 0.25) is 0 Å². The highest BCUT2D eigenvalue weighted by molar-refractivity contribution is 5.96. The third-order valence-electron chi connectivity index (χ3n) is 8.76. The van der Waals surface area contributed by atoms with E-state index in [1.807, 2.05) is 6.21 Å². The molecule has 29 heavy (non-hydrogen) atoms. The minimum Gasteiger partial charge on any atom is -0.481 e. The third-order valence-corrected chi connectivity index (χ3v) is 8.76. The van der Waals surface area contributed by atoms with Crippen molar-refractivity contribution < 1.29 is 19.5 Å². The van der Waals surface area contributed by atoms with E-state index in [4.69, 9.17) is 4.84 Å². The van der Waals surface area contributed by atoms with Gasteiger partial charge in [0.25, 0.3) is 0 Å². The van der Waals surface area contributed by atoms with Gasteiger partial charge in [-0.3, -0.25) is 4.79 Å². The van der Waals surface area contributed by atoms with E-state index in [0.29, 0.717) is 30.8 Å². The second-order valence-electron chi connectivity index (χ2n) is 10.8. The summed E-state index contributed by atoms with van der Waals surface area (Å²) in [7, 11) is 0. The molecule has 4 aliphatic carbocycles. The van der Waals surface area contributed by atoms with Crippen LogP contribution < -0.4 is 0 Å². The number of aliphatic carboxylic acids is 1. The predicted octanol–water partition coefficient (Wildman–Crippen LogP) is 4.57. The van der Waals surface area contributed by atoms with Gasteiger partial charge in [0, 0.05) is 5.41 Å². The van der Waals surface area contributed by atoms with Crippen molar-refractivity contribution in [3.63, 3.8) is 0 Å². The number of oxime groups is 1. The molecule has 0 saturated heterocycles. The van der Waals surface area contributed by atoms with Crippen molar-refractivity contribution in [1.82, 2.24) is 0 Å². The first-order chi connectivity index (χ1) is 13.7. The van der Waals surface area contributed by atoms with Gasteiger partial charge in [-0.2, -0.15) is 0 Å². The second-order valence-corrected chi connectivity index (χ2v) is 10.8. The molecular weight excluding hydrogens is 366 g/mol. The van der Waals surface area contributed by atoms with Crippen LogP contribution >= 0.6 is 0 Å². The number of aldehydes is 1. The lowest BCUT2D eigenvalue weighted by atomic mass is 9.43. The summed E-state index contributed by atoms with van der Waals surface area (Å²) < 4.78 is 0. The summed E-state index contributed by atoms with van der Waals surface area (Å²) in [5, 5.41) is 15.1. The van der Waals surface area contributed by atoms with Gasteiger partial charge in [0.1, 0.15) is 18.3 Å². The Bertz CT molecular complexity index is 771. The second kappa shape index (κ2) is 6.68. The summed E-state index contributed by atoms with van der Waals surface area (Å²) in [5.74, 6) is 0.640. The first-order valence-electron chi connectivity index (χ1n) is 11.3. The highest BCUT2D eigenvalue weighted by atomic mass is 16.6. The zero-order valence-corrected chi connectivity index (χ0v) is 18.4. The molecule has 3 unspecified atom stereocenters. The largest absolute Gasteiger partial charge is 0.481 e. The standard InChI is InChI=1S/C24H35NO4/c1-14(2)11-29-25-12-22-10-18-16(5)6-7-19(18)23(13-26)9-17(22)8-20(15(3)4)24(22,23)21(27)28/h8,12-19H,6-7,9-11H2,1-5H3,(H,27,28)/b25-12+/t16-,17?,18-,19-,22?,23?,24-/m1/s1. The molecule has 1 N–H and O–H groups in total. The molecule has 3 fully saturated rings. The lowest BCUT2D eigenvalue weighted by Gasteiger charge is -2.57. The number of carboxylic acid groups (broad SMARTS) is 1. The molecule has 0 heterocycles. The Balaban J connectivity index is 1.91. The molecule has 0 spiro atoms. The molecule has 4 bridgehead atoms. The number of carbonyl (C=O) groups is 2. The first kappa shape index (κ1) is 20.6. The van der Waals surface area contributed by atoms with Crippen molar-refractivity contribution in [3.05, 3.63) is 11.6 Å². The third kappa shape index (κ3) is 2.30. The smallest absolute Gasteiger partial charge is 0.315 e. The van der Waals surface area contributed by atoms with Gasteiger partial charge in [-0.1, -0.05) is 57.8 Å². The number of allylic oxidation sites excluding steroid dienone is 1. The summed E-state index contributed by atoms with van der Waals surface area (Å²) in [6.07, 6.45) is 8.48. The maximum absolute atomic E-state index is 13.2. The molecule has 5 heteroatoms. The molecule has 0 radical (unpaired) electrons. The van der Waals surface area contributed by atoms with Crippen molar-refractivity contribution in [3.8, 4) is 0 Å². The maximum atomic E-state index is 13.2. The molecule has 0 aromatic carbocycles. The molecule has 0 aromatic rings.